The molecule has 0 fully saturated rings. The Balaban J connectivity index is 1.77. The lowest BCUT2D eigenvalue weighted by Crippen LogP contribution is -2.21. The van der Waals surface area contributed by atoms with E-state index >= 15 is 0 Å². The fourth-order valence-electron chi connectivity index (χ4n) is 2.53. The van der Waals surface area contributed by atoms with E-state index in [0.717, 1.165) is 5.56 Å². The van der Waals surface area contributed by atoms with Crippen LogP contribution < -0.4 is 15.0 Å². The highest BCUT2D eigenvalue weighted by Gasteiger charge is 2.18. The van der Waals surface area contributed by atoms with E-state index in [1.165, 1.54) is 0 Å². The van der Waals surface area contributed by atoms with Crippen LogP contribution in [0.2, 0.25) is 5.02 Å². The van der Waals surface area contributed by atoms with Crippen LogP contribution in [-0.2, 0) is 6.54 Å². The first-order valence-corrected chi connectivity index (χ1v) is 7.12. The van der Waals surface area contributed by atoms with E-state index in [-0.39, 0.29) is 12.4 Å². The molecule has 0 N–H and O–H groups in total. The van der Waals surface area contributed by atoms with Crippen LogP contribution in [0.15, 0.2) is 47.5 Å². The average Bonchev–Trinajstić information content (AvgIpc) is 2.99. The van der Waals surface area contributed by atoms with Crippen molar-refractivity contribution in [3.63, 3.8) is 0 Å². The summed E-state index contributed by atoms with van der Waals surface area (Å²) in [5.74, 6) is 1.15. The molecule has 0 unspecified atom stereocenters. The van der Waals surface area contributed by atoms with Crippen molar-refractivity contribution in [1.29, 1.82) is 0 Å². The van der Waals surface area contributed by atoms with Gasteiger partial charge in [-0.1, -0.05) is 23.7 Å². The average molecular weight is 315 g/mol. The summed E-state index contributed by atoms with van der Waals surface area (Å²) < 4.78 is 12.2. The molecule has 1 aliphatic rings. The van der Waals surface area contributed by atoms with Gasteiger partial charge in [0, 0.05) is 0 Å². The zero-order chi connectivity index (χ0) is 15.1. The number of fused-ring (bicyclic) bond motifs is 2. The maximum absolute atomic E-state index is 12.5. The molecule has 0 saturated heterocycles. The van der Waals surface area contributed by atoms with Crippen LogP contribution >= 0.6 is 11.6 Å². The monoisotopic (exact) mass is 314 g/mol. The number of para-hydroxylation sites is 1. The minimum absolute atomic E-state index is 0.0839. The highest BCUT2D eigenvalue weighted by Crippen LogP contribution is 2.39. The topological polar surface area (TPSA) is 53.4 Å². The highest BCUT2D eigenvalue weighted by molar-refractivity contribution is 6.32. The van der Waals surface area contributed by atoms with Gasteiger partial charge in [-0.15, -0.1) is 0 Å². The van der Waals surface area contributed by atoms with Crippen molar-refractivity contribution < 1.29 is 9.47 Å². The van der Waals surface area contributed by atoms with E-state index in [0.29, 0.717) is 34.0 Å². The molecule has 4 rings (SSSR count). The van der Waals surface area contributed by atoms with Crippen molar-refractivity contribution >= 4 is 22.5 Å². The van der Waals surface area contributed by atoms with Crippen LogP contribution in [-0.4, -0.2) is 16.3 Å². The molecule has 1 aromatic heterocycles. The molecule has 2 aromatic carbocycles. The number of rotatable bonds is 2. The fourth-order valence-corrected chi connectivity index (χ4v) is 2.82. The maximum atomic E-state index is 12.5. The summed E-state index contributed by atoms with van der Waals surface area (Å²) in [4.78, 5) is 16.8. The summed E-state index contributed by atoms with van der Waals surface area (Å²) in [7, 11) is 0. The smallest absolute Gasteiger partial charge is 0.261 e. The fraction of sp³-hybridized carbons (Fsp3) is 0.125. The predicted molar refractivity (Wildman–Crippen MR) is 82.7 cm³/mol. The van der Waals surface area contributed by atoms with Gasteiger partial charge in [0.15, 0.2) is 11.5 Å². The van der Waals surface area contributed by atoms with Crippen molar-refractivity contribution in [2.24, 2.45) is 0 Å². The predicted octanol–water partition coefficient (Wildman–Crippen LogP) is 2.83. The van der Waals surface area contributed by atoms with Crippen LogP contribution in [0.25, 0.3) is 10.9 Å². The number of hydrogen-bond donors (Lipinski definition) is 0. The number of aromatic nitrogens is 2. The molecular formula is C16H11ClN2O3. The van der Waals surface area contributed by atoms with Crippen LogP contribution in [0.1, 0.15) is 5.56 Å². The lowest BCUT2D eigenvalue weighted by atomic mass is 10.2. The van der Waals surface area contributed by atoms with E-state index < -0.39 is 0 Å². The molecule has 0 radical (unpaired) electrons. The standard InChI is InChI=1S/C16H11ClN2O3/c17-12-5-10(6-14-15(12)22-9-21-14)7-19-8-18-13-4-2-1-3-11(13)16(19)20/h1-6,8H,7,9H2. The largest absolute Gasteiger partial charge is 0.454 e. The third kappa shape index (κ3) is 2.10. The second kappa shape index (κ2) is 5.03. The molecular weight excluding hydrogens is 304 g/mol. The van der Waals surface area contributed by atoms with Crippen molar-refractivity contribution in [1.82, 2.24) is 9.55 Å². The van der Waals surface area contributed by atoms with Gasteiger partial charge in [-0.25, -0.2) is 4.98 Å². The third-order valence-electron chi connectivity index (χ3n) is 3.57. The zero-order valence-corrected chi connectivity index (χ0v) is 12.2. The van der Waals surface area contributed by atoms with Crippen LogP contribution in [0.5, 0.6) is 11.5 Å². The highest BCUT2D eigenvalue weighted by atomic mass is 35.5. The van der Waals surface area contributed by atoms with E-state index in [2.05, 4.69) is 4.98 Å². The molecule has 1 aliphatic heterocycles. The Kier molecular flexibility index (Phi) is 3.01. The molecule has 0 amide bonds. The van der Waals surface area contributed by atoms with E-state index in [1.807, 2.05) is 24.3 Å². The van der Waals surface area contributed by atoms with Crippen molar-refractivity contribution in [2.45, 2.75) is 6.54 Å². The Morgan fingerprint density at radius 1 is 1.23 bits per heavy atom. The minimum Gasteiger partial charge on any atom is -0.454 e. The number of halogens is 1. The van der Waals surface area contributed by atoms with Gasteiger partial charge in [-0.05, 0) is 29.8 Å². The first-order chi connectivity index (χ1) is 10.7. The van der Waals surface area contributed by atoms with Crippen LogP contribution in [0.4, 0.5) is 0 Å². The lowest BCUT2D eigenvalue weighted by molar-refractivity contribution is 0.174. The molecule has 0 bridgehead atoms. The quantitative estimate of drug-likeness (QED) is 0.730. The minimum atomic E-state index is -0.0839. The number of benzene rings is 2. The molecule has 0 aliphatic carbocycles. The molecule has 5 nitrogen and oxygen atoms in total. The zero-order valence-electron chi connectivity index (χ0n) is 11.5. The van der Waals surface area contributed by atoms with Crippen LogP contribution in [0, 0.1) is 0 Å². The molecule has 110 valence electrons. The molecule has 3 aromatic rings. The Bertz CT molecular complexity index is 936. The van der Waals surface area contributed by atoms with Gasteiger partial charge < -0.3 is 9.47 Å². The summed E-state index contributed by atoms with van der Waals surface area (Å²) >= 11 is 6.17. The first kappa shape index (κ1) is 13.2. The van der Waals surface area contributed by atoms with E-state index in [4.69, 9.17) is 21.1 Å². The molecule has 22 heavy (non-hydrogen) atoms. The molecule has 0 saturated carbocycles. The summed E-state index contributed by atoms with van der Waals surface area (Å²) in [5.41, 5.74) is 1.46. The maximum Gasteiger partial charge on any atom is 0.261 e. The van der Waals surface area contributed by atoms with Gasteiger partial charge in [-0.2, -0.15) is 0 Å². The SMILES string of the molecule is O=c1c2ccccc2ncn1Cc1cc(Cl)c2c(c1)OCO2. The van der Waals surface area contributed by atoms with Gasteiger partial charge in [0.05, 0.1) is 28.8 Å². The van der Waals surface area contributed by atoms with E-state index in [1.54, 1.807) is 23.0 Å². The van der Waals surface area contributed by atoms with Gasteiger partial charge in [0.2, 0.25) is 6.79 Å². The molecule has 2 heterocycles. The summed E-state index contributed by atoms with van der Waals surface area (Å²) in [5, 5.41) is 1.07. The van der Waals surface area contributed by atoms with Crippen LogP contribution in [0.3, 0.4) is 0 Å². The van der Waals surface area contributed by atoms with Gasteiger partial charge >= 0.3 is 0 Å². The lowest BCUT2D eigenvalue weighted by Gasteiger charge is -2.08. The second-order valence-electron chi connectivity index (χ2n) is 5.01. The number of nitrogens with zero attached hydrogens (tertiary/aromatic N) is 2. The van der Waals surface area contributed by atoms with Gasteiger partial charge in [0.25, 0.3) is 5.56 Å². The van der Waals surface area contributed by atoms with Gasteiger partial charge in [-0.3, -0.25) is 9.36 Å². The number of ether oxygens (including phenoxy) is 2. The Hall–Kier alpha value is -2.53. The van der Waals surface area contributed by atoms with Crippen molar-refractivity contribution in [3.05, 3.63) is 63.7 Å². The second-order valence-corrected chi connectivity index (χ2v) is 5.41. The Morgan fingerprint density at radius 3 is 3.00 bits per heavy atom. The van der Waals surface area contributed by atoms with Crippen molar-refractivity contribution in [3.8, 4) is 11.5 Å². The first-order valence-electron chi connectivity index (χ1n) is 6.74. The van der Waals surface area contributed by atoms with E-state index in [9.17, 15) is 4.79 Å². The van der Waals surface area contributed by atoms with Gasteiger partial charge in [0.1, 0.15) is 0 Å². The summed E-state index contributed by atoms with van der Waals surface area (Å²) in [6.45, 7) is 0.531. The molecule has 0 atom stereocenters. The third-order valence-corrected chi connectivity index (χ3v) is 3.85. The molecule has 6 heteroatoms. The Morgan fingerprint density at radius 2 is 2.09 bits per heavy atom. The summed E-state index contributed by atoms with van der Waals surface area (Å²) in [6.07, 6.45) is 1.54. The normalized spacial score (nSPS) is 12.8. The summed E-state index contributed by atoms with van der Waals surface area (Å²) in [6, 6.07) is 10.9. The number of hydrogen-bond acceptors (Lipinski definition) is 4. The Labute approximate surface area is 130 Å². The van der Waals surface area contributed by atoms with Crippen molar-refractivity contribution in [2.75, 3.05) is 6.79 Å². The molecule has 0 spiro atoms.